The summed E-state index contributed by atoms with van der Waals surface area (Å²) in [6.45, 7) is 17.1. The molecule has 80 valence electrons. The summed E-state index contributed by atoms with van der Waals surface area (Å²) in [4.78, 5) is 0. The third-order valence-electron chi connectivity index (χ3n) is 2.52. The van der Waals surface area contributed by atoms with Gasteiger partial charge in [-0.15, -0.1) is 0 Å². The fourth-order valence-corrected chi connectivity index (χ4v) is 1.69. The maximum Gasteiger partial charge on any atom is -0.0129 e. The van der Waals surface area contributed by atoms with Crippen LogP contribution in [0, 0.1) is 5.41 Å². The first-order valence-electron chi connectivity index (χ1n) is 5.35. The molecular formula is C14H24. The molecule has 0 amide bonds. The lowest BCUT2D eigenvalue weighted by Crippen LogP contribution is -2.09. The van der Waals surface area contributed by atoms with Crippen LogP contribution in [0.1, 0.15) is 48.0 Å². The summed E-state index contributed by atoms with van der Waals surface area (Å²) < 4.78 is 0. The zero-order valence-electron chi connectivity index (χ0n) is 10.6. The van der Waals surface area contributed by atoms with E-state index >= 15 is 0 Å². The van der Waals surface area contributed by atoms with Crippen LogP contribution < -0.4 is 0 Å². The van der Waals surface area contributed by atoms with Crippen LogP contribution in [0.3, 0.4) is 0 Å². The molecule has 0 atom stereocenters. The molecule has 0 nitrogen and oxygen atoms in total. The maximum atomic E-state index is 3.91. The molecule has 0 spiro atoms. The largest absolute Gasteiger partial charge is 0.0988 e. The van der Waals surface area contributed by atoms with Crippen LogP contribution in [0.15, 0.2) is 35.5 Å². The molecule has 0 heteroatoms. The van der Waals surface area contributed by atoms with Gasteiger partial charge in [-0.2, -0.15) is 0 Å². The van der Waals surface area contributed by atoms with E-state index in [1.54, 1.807) is 0 Å². The molecule has 0 rings (SSSR count). The summed E-state index contributed by atoms with van der Waals surface area (Å²) in [5.74, 6) is 0. The minimum atomic E-state index is 0.189. The van der Waals surface area contributed by atoms with Gasteiger partial charge < -0.3 is 0 Å². The average Bonchev–Trinajstić information content (AvgIpc) is 2.03. The van der Waals surface area contributed by atoms with Crippen LogP contribution >= 0.6 is 0 Å². The van der Waals surface area contributed by atoms with E-state index in [0.29, 0.717) is 0 Å². The first kappa shape index (κ1) is 13.2. The Morgan fingerprint density at radius 1 is 1.21 bits per heavy atom. The Labute approximate surface area is 89.4 Å². The number of rotatable bonds is 3. The minimum Gasteiger partial charge on any atom is -0.0988 e. The van der Waals surface area contributed by atoms with E-state index in [9.17, 15) is 0 Å². The predicted octanol–water partition coefficient (Wildman–Crippen LogP) is 4.89. The van der Waals surface area contributed by atoms with Gasteiger partial charge in [0.05, 0.1) is 0 Å². The molecule has 0 saturated heterocycles. The number of hydrogen-bond acceptors (Lipinski definition) is 0. The summed E-state index contributed by atoms with van der Waals surface area (Å²) in [6.07, 6.45) is 5.35. The van der Waals surface area contributed by atoms with Gasteiger partial charge >= 0.3 is 0 Å². The van der Waals surface area contributed by atoms with E-state index in [1.807, 2.05) is 6.08 Å². The average molecular weight is 192 g/mol. The maximum absolute atomic E-state index is 3.91. The molecule has 0 aliphatic carbocycles. The van der Waals surface area contributed by atoms with Crippen molar-refractivity contribution in [3.63, 3.8) is 0 Å². The molecule has 0 radical (unpaired) electrons. The standard InChI is InChI=1S/C14H24/c1-8-10-11(3)12(4)13(9-2)14(5,6)7/h9-10H,2,8H2,1,3-7H3/b11-10-,13-12+. The van der Waals surface area contributed by atoms with Gasteiger partial charge in [-0.3, -0.25) is 0 Å². The molecule has 0 aromatic heterocycles. The molecule has 0 aromatic carbocycles. The lowest BCUT2D eigenvalue weighted by molar-refractivity contribution is 0.513. The van der Waals surface area contributed by atoms with Gasteiger partial charge in [-0.05, 0) is 36.8 Å². The zero-order chi connectivity index (χ0) is 11.4. The highest BCUT2D eigenvalue weighted by Gasteiger charge is 2.16. The zero-order valence-corrected chi connectivity index (χ0v) is 10.6. The Kier molecular flexibility index (Phi) is 4.90. The van der Waals surface area contributed by atoms with Crippen molar-refractivity contribution in [3.8, 4) is 0 Å². The summed E-state index contributed by atoms with van der Waals surface area (Å²) in [5, 5.41) is 0. The van der Waals surface area contributed by atoms with Crippen molar-refractivity contribution in [2.45, 2.75) is 48.0 Å². The van der Waals surface area contributed by atoms with Crippen molar-refractivity contribution >= 4 is 0 Å². The SMILES string of the molecule is C=C/C(=C(C)\C(C)=C/CC)C(C)(C)C. The van der Waals surface area contributed by atoms with Crippen LogP contribution in [0.2, 0.25) is 0 Å². The Bertz CT molecular complexity index is 256. The Balaban J connectivity index is 5.24. The van der Waals surface area contributed by atoms with Crippen molar-refractivity contribution in [2.24, 2.45) is 5.41 Å². The fraction of sp³-hybridized carbons (Fsp3) is 0.571. The van der Waals surface area contributed by atoms with E-state index in [4.69, 9.17) is 0 Å². The summed E-state index contributed by atoms with van der Waals surface area (Å²) in [7, 11) is 0. The highest BCUT2D eigenvalue weighted by molar-refractivity contribution is 5.39. The van der Waals surface area contributed by atoms with E-state index < -0.39 is 0 Å². The van der Waals surface area contributed by atoms with Gasteiger partial charge in [0, 0.05) is 0 Å². The second-order valence-corrected chi connectivity index (χ2v) is 4.79. The van der Waals surface area contributed by atoms with Gasteiger partial charge in [0.2, 0.25) is 0 Å². The quantitative estimate of drug-likeness (QED) is 0.558. The Morgan fingerprint density at radius 2 is 1.71 bits per heavy atom. The fourth-order valence-electron chi connectivity index (χ4n) is 1.69. The third kappa shape index (κ3) is 3.53. The van der Waals surface area contributed by atoms with Crippen LogP contribution in [0.4, 0.5) is 0 Å². The second kappa shape index (κ2) is 5.19. The molecule has 0 bridgehead atoms. The summed E-state index contributed by atoms with van der Waals surface area (Å²) in [5.41, 5.74) is 4.28. The van der Waals surface area contributed by atoms with Gasteiger partial charge in [-0.1, -0.05) is 52.0 Å². The van der Waals surface area contributed by atoms with Crippen LogP contribution in [0.25, 0.3) is 0 Å². The summed E-state index contributed by atoms with van der Waals surface area (Å²) >= 11 is 0. The van der Waals surface area contributed by atoms with Crippen LogP contribution in [-0.2, 0) is 0 Å². The van der Waals surface area contributed by atoms with Gasteiger partial charge in [-0.25, -0.2) is 0 Å². The van der Waals surface area contributed by atoms with Gasteiger partial charge in [0.1, 0.15) is 0 Å². The highest BCUT2D eigenvalue weighted by atomic mass is 14.2. The second-order valence-electron chi connectivity index (χ2n) is 4.79. The predicted molar refractivity (Wildman–Crippen MR) is 66.4 cm³/mol. The number of hydrogen-bond donors (Lipinski definition) is 0. The topological polar surface area (TPSA) is 0 Å². The van der Waals surface area contributed by atoms with E-state index in [-0.39, 0.29) is 5.41 Å². The van der Waals surface area contributed by atoms with Crippen molar-refractivity contribution in [1.29, 1.82) is 0 Å². The molecule has 0 N–H and O–H groups in total. The summed E-state index contributed by atoms with van der Waals surface area (Å²) in [6, 6.07) is 0. The molecule has 0 aromatic rings. The lowest BCUT2D eigenvalue weighted by Gasteiger charge is -2.23. The van der Waals surface area contributed by atoms with E-state index in [1.165, 1.54) is 16.7 Å². The molecule has 0 fully saturated rings. The molecule has 0 aliphatic heterocycles. The van der Waals surface area contributed by atoms with E-state index in [0.717, 1.165) is 6.42 Å². The van der Waals surface area contributed by atoms with Crippen molar-refractivity contribution < 1.29 is 0 Å². The molecule has 0 saturated carbocycles. The lowest BCUT2D eigenvalue weighted by atomic mass is 9.82. The minimum absolute atomic E-state index is 0.189. The Morgan fingerprint density at radius 3 is 2.00 bits per heavy atom. The molecule has 0 unspecified atom stereocenters. The first-order valence-corrected chi connectivity index (χ1v) is 5.35. The van der Waals surface area contributed by atoms with Crippen molar-refractivity contribution in [2.75, 3.05) is 0 Å². The smallest absolute Gasteiger partial charge is 0.0129 e. The Hall–Kier alpha value is -0.780. The van der Waals surface area contributed by atoms with Crippen molar-refractivity contribution in [1.82, 2.24) is 0 Å². The van der Waals surface area contributed by atoms with Crippen LogP contribution in [-0.4, -0.2) is 0 Å². The number of allylic oxidation sites excluding steroid dienone is 5. The first-order chi connectivity index (χ1) is 6.34. The van der Waals surface area contributed by atoms with Gasteiger partial charge in [0.25, 0.3) is 0 Å². The molecule has 14 heavy (non-hydrogen) atoms. The molecular weight excluding hydrogens is 168 g/mol. The molecule has 0 aliphatic rings. The van der Waals surface area contributed by atoms with E-state index in [2.05, 4.69) is 54.2 Å². The highest BCUT2D eigenvalue weighted by Crippen LogP contribution is 2.31. The molecule has 0 heterocycles. The monoisotopic (exact) mass is 192 g/mol. The normalized spacial score (nSPS) is 15.1. The third-order valence-corrected chi connectivity index (χ3v) is 2.52. The van der Waals surface area contributed by atoms with Gasteiger partial charge in [0.15, 0.2) is 0 Å². The van der Waals surface area contributed by atoms with Crippen molar-refractivity contribution in [3.05, 3.63) is 35.5 Å². The van der Waals surface area contributed by atoms with Crippen LogP contribution in [0.5, 0.6) is 0 Å².